The van der Waals surface area contributed by atoms with Gasteiger partial charge in [-0.2, -0.15) is 4.72 Å². The molecule has 2 amide bonds. The van der Waals surface area contributed by atoms with Crippen LogP contribution >= 0.6 is 0 Å². The Bertz CT molecular complexity index is 1330. The van der Waals surface area contributed by atoms with Crippen LogP contribution in [0.2, 0.25) is 0 Å². The number of benzene rings is 3. The number of anilines is 2. The first kappa shape index (κ1) is 26.4. The maximum atomic E-state index is 13.3. The van der Waals surface area contributed by atoms with Gasteiger partial charge in [0.2, 0.25) is 21.8 Å². The number of nitrogens with one attached hydrogen (secondary N) is 3. The van der Waals surface area contributed by atoms with Crippen LogP contribution in [0.4, 0.5) is 11.4 Å². The molecular weight excluding hydrogens is 488 g/mol. The number of rotatable bonds is 11. The number of hydrogen-bond donors (Lipinski definition) is 3. The highest BCUT2D eigenvalue weighted by atomic mass is 32.2. The summed E-state index contributed by atoms with van der Waals surface area (Å²) in [6, 6.07) is 22.4. The number of carbonyl (C=O) groups is 2. The number of hydrogen-bond acceptors (Lipinski definition) is 5. The van der Waals surface area contributed by atoms with Crippen molar-refractivity contribution in [2.45, 2.75) is 37.1 Å². The van der Waals surface area contributed by atoms with Gasteiger partial charge >= 0.3 is 0 Å². The maximum absolute atomic E-state index is 13.3. The maximum Gasteiger partial charge on any atom is 0.242 e. The Hall–Kier alpha value is -3.69. The molecule has 8 nitrogen and oxygen atoms in total. The lowest BCUT2D eigenvalue weighted by molar-refractivity contribution is -0.122. The topological polar surface area (TPSA) is 108 Å². The van der Waals surface area contributed by atoms with E-state index in [1.807, 2.05) is 24.3 Å². The minimum atomic E-state index is -4.02. The molecule has 3 aromatic carbocycles. The number of amides is 2. The van der Waals surface area contributed by atoms with Crippen LogP contribution in [0, 0.1) is 0 Å². The molecule has 37 heavy (non-hydrogen) atoms. The molecular formula is C28H32N4O4S. The standard InChI is InChI=1S/C28H32N4O4S/c1-2-32(23-12-7-4-8-13-23)19-9-18-29-28(34)27(21-10-5-3-6-11-21)31-37(35,36)24-15-16-25-22(20-24)14-17-26(33)30-25/h3-8,10-13,15-16,20,27,31H,2,9,14,17-19H2,1H3,(H,29,34)(H,30,33)/t27-/m0/s1. The van der Waals surface area contributed by atoms with E-state index in [-0.39, 0.29) is 10.8 Å². The van der Waals surface area contributed by atoms with Gasteiger partial charge < -0.3 is 15.5 Å². The Labute approximate surface area is 218 Å². The smallest absolute Gasteiger partial charge is 0.242 e. The summed E-state index contributed by atoms with van der Waals surface area (Å²) in [6.45, 7) is 4.09. The second-order valence-electron chi connectivity index (χ2n) is 8.89. The van der Waals surface area contributed by atoms with E-state index in [1.54, 1.807) is 36.4 Å². The molecule has 3 aromatic rings. The zero-order valence-corrected chi connectivity index (χ0v) is 21.6. The summed E-state index contributed by atoms with van der Waals surface area (Å²) in [5.74, 6) is -0.504. The Kier molecular flexibility index (Phi) is 8.58. The Morgan fingerprint density at radius 3 is 2.41 bits per heavy atom. The van der Waals surface area contributed by atoms with Crippen molar-refractivity contribution in [3.8, 4) is 0 Å². The quantitative estimate of drug-likeness (QED) is 0.335. The van der Waals surface area contributed by atoms with Crippen molar-refractivity contribution in [3.05, 3.63) is 90.0 Å². The van der Waals surface area contributed by atoms with Crippen molar-refractivity contribution in [2.24, 2.45) is 0 Å². The minimum absolute atomic E-state index is 0.0533. The van der Waals surface area contributed by atoms with Crippen LogP contribution < -0.4 is 20.3 Å². The van der Waals surface area contributed by atoms with E-state index in [9.17, 15) is 18.0 Å². The van der Waals surface area contributed by atoms with E-state index >= 15 is 0 Å². The Balaban J connectivity index is 1.44. The molecule has 0 fully saturated rings. The number of carbonyl (C=O) groups excluding carboxylic acids is 2. The molecule has 0 spiro atoms. The highest BCUT2D eigenvalue weighted by Gasteiger charge is 2.28. The van der Waals surface area contributed by atoms with Crippen molar-refractivity contribution in [2.75, 3.05) is 29.9 Å². The first-order valence-corrected chi connectivity index (χ1v) is 13.9. The molecule has 194 valence electrons. The predicted octanol–water partition coefficient (Wildman–Crippen LogP) is 3.62. The van der Waals surface area contributed by atoms with Crippen molar-refractivity contribution in [3.63, 3.8) is 0 Å². The molecule has 3 N–H and O–H groups in total. The average Bonchev–Trinajstić information content (AvgIpc) is 2.92. The van der Waals surface area contributed by atoms with Crippen LogP contribution in [0.3, 0.4) is 0 Å². The number of nitrogens with zero attached hydrogens (tertiary/aromatic N) is 1. The van der Waals surface area contributed by atoms with E-state index < -0.39 is 22.0 Å². The van der Waals surface area contributed by atoms with Gasteiger partial charge in [0.15, 0.2) is 0 Å². The van der Waals surface area contributed by atoms with Gasteiger partial charge in [-0.15, -0.1) is 0 Å². The zero-order chi connectivity index (χ0) is 26.3. The summed E-state index contributed by atoms with van der Waals surface area (Å²) < 4.78 is 29.2. The predicted molar refractivity (Wildman–Crippen MR) is 145 cm³/mol. The number of fused-ring (bicyclic) bond motifs is 1. The lowest BCUT2D eigenvalue weighted by Gasteiger charge is -2.24. The normalized spacial score (nSPS) is 13.8. The third-order valence-electron chi connectivity index (χ3n) is 6.36. The molecule has 1 aliphatic heterocycles. The minimum Gasteiger partial charge on any atom is -0.372 e. The van der Waals surface area contributed by atoms with Crippen LogP contribution in [0.1, 0.15) is 36.9 Å². The molecule has 0 aromatic heterocycles. The fourth-order valence-corrected chi connectivity index (χ4v) is 5.59. The van der Waals surface area contributed by atoms with Crippen molar-refractivity contribution < 1.29 is 18.0 Å². The number of aryl methyl sites for hydroxylation is 1. The van der Waals surface area contributed by atoms with Gasteiger partial charge in [0, 0.05) is 37.4 Å². The molecule has 9 heteroatoms. The second kappa shape index (κ2) is 12.0. The molecule has 0 aliphatic carbocycles. The van der Waals surface area contributed by atoms with Gasteiger partial charge in [0.05, 0.1) is 4.90 Å². The van der Waals surface area contributed by atoms with Crippen LogP contribution in [0.15, 0.2) is 83.8 Å². The first-order valence-electron chi connectivity index (χ1n) is 12.4. The van der Waals surface area contributed by atoms with Gasteiger partial charge in [-0.25, -0.2) is 8.42 Å². The van der Waals surface area contributed by atoms with Crippen molar-refractivity contribution >= 4 is 33.2 Å². The Morgan fingerprint density at radius 1 is 1.00 bits per heavy atom. The van der Waals surface area contributed by atoms with Gasteiger partial charge in [0.25, 0.3) is 0 Å². The lowest BCUT2D eigenvalue weighted by atomic mass is 10.0. The van der Waals surface area contributed by atoms with Crippen LogP contribution in [0.5, 0.6) is 0 Å². The van der Waals surface area contributed by atoms with E-state index in [1.165, 1.54) is 6.07 Å². The molecule has 1 atom stereocenters. The largest absolute Gasteiger partial charge is 0.372 e. The number of sulfonamides is 1. The summed E-state index contributed by atoms with van der Waals surface area (Å²) in [5.41, 5.74) is 3.04. The van der Waals surface area contributed by atoms with Gasteiger partial charge in [-0.05, 0) is 61.2 Å². The fraction of sp³-hybridized carbons (Fsp3) is 0.286. The van der Waals surface area contributed by atoms with Crippen LogP contribution in [-0.4, -0.2) is 39.9 Å². The monoisotopic (exact) mass is 520 g/mol. The molecule has 0 saturated heterocycles. The Morgan fingerprint density at radius 2 is 1.70 bits per heavy atom. The summed E-state index contributed by atoms with van der Waals surface area (Å²) in [7, 11) is -4.02. The highest BCUT2D eigenvalue weighted by molar-refractivity contribution is 7.89. The SMILES string of the molecule is CCN(CCCNC(=O)[C@@H](NS(=O)(=O)c1ccc2c(c1)CCC(=O)N2)c1ccccc1)c1ccccc1. The zero-order valence-electron chi connectivity index (χ0n) is 20.8. The fourth-order valence-electron chi connectivity index (χ4n) is 4.36. The van der Waals surface area contributed by atoms with Crippen molar-refractivity contribution in [1.82, 2.24) is 10.0 Å². The molecule has 0 radical (unpaired) electrons. The molecule has 0 unspecified atom stereocenters. The average molecular weight is 521 g/mol. The van der Waals surface area contributed by atoms with Gasteiger partial charge in [-0.3, -0.25) is 9.59 Å². The second-order valence-corrected chi connectivity index (χ2v) is 10.6. The molecule has 1 aliphatic rings. The van der Waals surface area contributed by atoms with E-state index in [2.05, 4.69) is 39.3 Å². The highest BCUT2D eigenvalue weighted by Crippen LogP contribution is 2.26. The third kappa shape index (κ3) is 6.75. The van der Waals surface area contributed by atoms with Crippen molar-refractivity contribution in [1.29, 1.82) is 0 Å². The molecule has 0 bridgehead atoms. The molecule has 1 heterocycles. The van der Waals surface area contributed by atoms with Gasteiger partial charge in [0.1, 0.15) is 6.04 Å². The number of para-hydroxylation sites is 1. The summed E-state index contributed by atoms with van der Waals surface area (Å²) in [6.07, 6.45) is 1.48. The van der Waals surface area contributed by atoms with Crippen LogP contribution in [-0.2, 0) is 26.0 Å². The van der Waals surface area contributed by atoms with Gasteiger partial charge in [-0.1, -0.05) is 48.5 Å². The molecule has 4 rings (SSSR count). The van der Waals surface area contributed by atoms with E-state index in [0.29, 0.717) is 37.1 Å². The molecule has 0 saturated carbocycles. The summed E-state index contributed by atoms with van der Waals surface area (Å²) in [4.78, 5) is 27.1. The third-order valence-corrected chi connectivity index (χ3v) is 7.78. The lowest BCUT2D eigenvalue weighted by Crippen LogP contribution is -2.41. The van der Waals surface area contributed by atoms with E-state index in [4.69, 9.17) is 0 Å². The van der Waals surface area contributed by atoms with Crippen LogP contribution in [0.25, 0.3) is 0 Å². The summed E-state index contributed by atoms with van der Waals surface area (Å²) in [5, 5.41) is 5.65. The van der Waals surface area contributed by atoms with E-state index in [0.717, 1.165) is 24.3 Å². The summed E-state index contributed by atoms with van der Waals surface area (Å²) >= 11 is 0. The first-order chi connectivity index (χ1) is 17.9.